The van der Waals surface area contributed by atoms with Gasteiger partial charge in [0.15, 0.2) is 5.25 Å². The Morgan fingerprint density at radius 1 is 0.656 bits per heavy atom. The average Bonchev–Trinajstić information content (AvgIpc) is 2.78. The molecule has 0 amide bonds. The van der Waals surface area contributed by atoms with Crippen LogP contribution in [0.2, 0.25) is 0 Å². The second kappa shape index (κ2) is 21.2. The van der Waals surface area contributed by atoms with Gasteiger partial charge in [0.2, 0.25) is 10.0 Å². The van der Waals surface area contributed by atoms with Crippen molar-refractivity contribution in [1.82, 2.24) is 4.31 Å². The fraction of sp³-hybridized carbons (Fsp3) is 0.880. The summed E-state index contributed by atoms with van der Waals surface area (Å²) >= 11 is 0. The largest absolute Gasteiger partial charge is 0.230 e. The van der Waals surface area contributed by atoms with Crippen molar-refractivity contribution in [2.24, 2.45) is 0 Å². The normalized spacial score (nSPS) is 12.2. The second-order valence-corrected chi connectivity index (χ2v) is 10.7. The summed E-state index contributed by atoms with van der Waals surface area (Å²) in [5, 5.41) is 25.9. The number of nitriles is 3. The van der Waals surface area contributed by atoms with Gasteiger partial charge in [0.05, 0.1) is 18.2 Å². The van der Waals surface area contributed by atoms with Crippen LogP contribution in [-0.2, 0) is 10.0 Å². The Balaban J connectivity index is 4.71. The van der Waals surface area contributed by atoms with E-state index in [0.29, 0.717) is 32.4 Å². The maximum absolute atomic E-state index is 13.2. The summed E-state index contributed by atoms with van der Waals surface area (Å²) in [4.78, 5) is 0. The van der Waals surface area contributed by atoms with Crippen molar-refractivity contribution >= 4 is 10.0 Å². The third kappa shape index (κ3) is 15.2. The molecule has 0 fully saturated rings. The first-order chi connectivity index (χ1) is 15.5. The molecule has 0 aromatic heterocycles. The van der Waals surface area contributed by atoms with Crippen LogP contribution < -0.4 is 0 Å². The van der Waals surface area contributed by atoms with Gasteiger partial charge in [0.1, 0.15) is 0 Å². The highest BCUT2D eigenvalue weighted by Gasteiger charge is 2.31. The molecule has 0 bridgehead atoms. The van der Waals surface area contributed by atoms with Gasteiger partial charge in [-0.2, -0.15) is 15.8 Å². The standard InChI is InChI=1S/C25H44N4O2S/c1-2-3-4-9-14-19-25(24-28)32(30,31)29(22-17-12-7-5-10-15-20-26)23-18-13-8-6-11-16-21-27/h25H,2-19,22-23H2,1H3. The third-order valence-electron chi connectivity index (χ3n) is 5.83. The van der Waals surface area contributed by atoms with E-state index >= 15 is 0 Å². The molecule has 182 valence electrons. The Morgan fingerprint density at radius 2 is 1.09 bits per heavy atom. The van der Waals surface area contributed by atoms with Crippen LogP contribution in [0, 0.1) is 34.0 Å². The Labute approximate surface area is 197 Å². The number of rotatable bonds is 22. The van der Waals surface area contributed by atoms with Crippen LogP contribution in [0.1, 0.15) is 122 Å². The molecule has 6 nitrogen and oxygen atoms in total. The number of unbranched alkanes of at least 4 members (excludes halogenated alkanes) is 14. The highest BCUT2D eigenvalue weighted by molar-refractivity contribution is 7.90. The lowest BCUT2D eigenvalue weighted by molar-refractivity contribution is 0.379. The van der Waals surface area contributed by atoms with Gasteiger partial charge >= 0.3 is 0 Å². The van der Waals surface area contributed by atoms with Crippen molar-refractivity contribution in [3.05, 3.63) is 0 Å². The molecule has 0 heterocycles. The molecule has 0 saturated carbocycles. The molecule has 1 unspecified atom stereocenters. The van der Waals surface area contributed by atoms with Gasteiger partial charge in [-0.3, -0.25) is 0 Å². The summed E-state index contributed by atoms with van der Waals surface area (Å²) in [5.74, 6) is 0. The predicted molar refractivity (Wildman–Crippen MR) is 130 cm³/mol. The molecule has 0 N–H and O–H groups in total. The van der Waals surface area contributed by atoms with Crippen LogP contribution in [0.4, 0.5) is 0 Å². The molecular weight excluding hydrogens is 420 g/mol. The van der Waals surface area contributed by atoms with E-state index in [0.717, 1.165) is 96.3 Å². The minimum Gasteiger partial charge on any atom is -0.211 e. The van der Waals surface area contributed by atoms with Gasteiger partial charge in [-0.1, -0.05) is 77.6 Å². The topological polar surface area (TPSA) is 109 Å². The molecule has 0 radical (unpaired) electrons. The van der Waals surface area contributed by atoms with E-state index in [2.05, 4.69) is 25.1 Å². The molecule has 0 aromatic rings. The number of nitrogens with zero attached hydrogens (tertiary/aromatic N) is 4. The minimum absolute atomic E-state index is 0.418. The van der Waals surface area contributed by atoms with Crippen LogP contribution in [0.3, 0.4) is 0 Å². The SMILES string of the molecule is CCCCCCCC(C#N)S(=O)(=O)N(CCCCCCCC#N)CCCCCCCC#N. The number of hydrogen-bond donors (Lipinski definition) is 0. The van der Waals surface area contributed by atoms with E-state index in [1.165, 1.54) is 0 Å². The number of sulfonamides is 1. The molecule has 0 rings (SSSR count). The van der Waals surface area contributed by atoms with Crippen LogP contribution >= 0.6 is 0 Å². The highest BCUT2D eigenvalue weighted by atomic mass is 32.2. The summed E-state index contributed by atoms with van der Waals surface area (Å²) in [6, 6.07) is 6.38. The zero-order valence-electron chi connectivity index (χ0n) is 20.2. The fourth-order valence-corrected chi connectivity index (χ4v) is 5.53. The second-order valence-electron chi connectivity index (χ2n) is 8.62. The quantitative estimate of drug-likeness (QED) is 0.168. The lowest BCUT2D eigenvalue weighted by Gasteiger charge is -2.25. The zero-order chi connectivity index (χ0) is 23.9. The van der Waals surface area contributed by atoms with E-state index in [1.54, 1.807) is 4.31 Å². The van der Waals surface area contributed by atoms with Gasteiger partial charge in [0.25, 0.3) is 0 Å². The summed E-state index contributed by atoms with van der Waals surface area (Å²) in [6.07, 6.45) is 16.0. The molecule has 0 aliphatic rings. The van der Waals surface area contributed by atoms with Gasteiger partial charge in [-0.15, -0.1) is 0 Å². The van der Waals surface area contributed by atoms with E-state index in [-0.39, 0.29) is 0 Å². The van der Waals surface area contributed by atoms with Gasteiger partial charge < -0.3 is 0 Å². The molecule has 0 aliphatic heterocycles. The van der Waals surface area contributed by atoms with E-state index in [4.69, 9.17) is 10.5 Å². The Bertz CT molecular complexity index is 646. The van der Waals surface area contributed by atoms with Crippen LogP contribution in [-0.4, -0.2) is 31.1 Å². The van der Waals surface area contributed by atoms with Crippen LogP contribution in [0.25, 0.3) is 0 Å². The molecule has 32 heavy (non-hydrogen) atoms. The fourth-order valence-electron chi connectivity index (χ4n) is 3.80. The first-order valence-electron chi connectivity index (χ1n) is 12.7. The lowest BCUT2D eigenvalue weighted by Crippen LogP contribution is -2.39. The van der Waals surface area contributed by atoms with Crippen LogP contribution in [0.15, 0.2) is 0 Å². The van der Waals surface area contributed by atoms with E-state index < -0.39 is 15.3 Å². The van der Waals surface area contributed by atoms with Gasteiger partial charge in [0, 0.05) is 25.9 Å². The highest BCUT2D eigenvalue weighted by Crippen LogP contribution is 2.19. The van der Waals surface area contributed by atoms with Crippen molar-refractivity contribution < 1.29 is 8.42 Å². The Hall–Kier alpha value is -1.62. The first kappa shape index (κ1) is 30.4. The molecular formula is C25H44N4O2S. The Morgan fingerprint density at radius 3 is 1.56 bits per heavy atom. The van der Waals surface area contributed by atoms with E-state index in [1.807, 2.05) is 0 Å². The molecule has 7 heteroatoms. The molecule has 0 spiro atoms. The lowest BCUT2D eigenvalue weighted by atomic mass is 10.1. The van der Waals surface area contributed by atoms with Crippen molar-refractivity contribution in [2.45, 2.75) is 128 Å². The zero-order valence-corrected chi connectivity index (χ0v) is 21.0. The summed E-state index contributed by atoms with van der Waals surface area (Å²) < 4.78 is 28.0. The van der Waals surface area contributed by atoms with Crippen LogP contribution in [0.5, 0.6) is 0 Å². The molecule has 1 atom stereocenters. The van der Waals surface area contributed by atoms with Gasteiger partial charge in [-0.05, 0) is 32.1 Å². The third-order valence-corrected chi connectivity index (χ3v) is 7.97. The summed E-state index contributed by atoms with van der Waals surface area (Å²) in [7, 11) is -3.62. The van der Waals surface area contributed by atoms with Crippen molar-refractivity contribution in [3.63, 3.8) is 0 Å². The smallest absolute Gasteiger partial charge is 0.211 e. The summed E-state index contributed by atoms with van der Waals surface area (Å²) in [6.45, 7) is 3.10. The van der Waals surface area contributed by atoms with Gasteiger partial charge in [-0.25, -0.2) is 12.7 Å². The number of hydrogen-bond acceptors (Lipinski definition) is 5. The average molecular weight is 465 g/mol. The maximum atomic E-state index is 13.2. The predicted octanol–water partition coefficient (Wildman–Crippen LogP) is 6.60. The molecule has 0 saturated heterocycles. The first-order valence-corrected chi connectivity index (χ1v) is 14.2. The molecule has 0 aromatic carbocycles. The molecule has 0 aliphatic carbocycles. The summed E-state index contributed by atoms with van der Waals surface area (Å²) in [5.41, 5.74) is 0. The van der Waals surface area contributed by atoms with Crippen molar-refractivity contribution in [3.8, 4) is 18.2 Å². The van der Waals surface area contributed by atoms with Crippen molar-refractivity contribution in [2.75, 3.05) is 13.1 Å². The minimum atomic E-state index is -3.62. The maximum Gasteiger partial charge on any atom is 0.230 e. The van der Waals surface area contributed by atoms with E-state index in [9.17, 15) is 13.7 Å². The Kier molecular flexibility index (Phi) is 20.2. The monoisotopic (exact) mass is 464 g/mol. The van der Waals surface area contributed by atoms with Crippen molar-refractivity contribution in [1.29, 1.82) is 15.8 Å².